The van der Waals surface area contributed by atoms with E-state index in [-0.39, 0.29) is 22.9 Å². The van der Waals surface area contributed by atoms with Crippen LogP contribution in [0, 0.1) is 11.8 Å². The van der Waals surface area contributed by atoms with E-state index in [2.05, 4.69) is 43.7 Å². The molecule has 3 atom stereocenters. The summed E-state index contributed by atoms with van der Waals surface area (Å²) in [6.45, 7) is 4.09. The van der Waals surface area contributed by atoms with Crippen molar-refractivity contribution in [1.29, 1.82) is 0 Å². The molecule has 0 amide bonds. The molecular weight excluding hydrogens is 696 g/mol. The normalized spacial score (nSPS) is 18.8. The average Bonchev–Trinajstić information content (AvgIpc) is 3.63. The third kappa shape index (κ3) is 7.46. The molecular formula is C29H28Br2N2O6S2. The minimum absolute atomic E-state index is 0.0426. The second kappa shape index (κ2) is 12.4. The summed E-state index contributed by atoms with van der Waals surface area (Å²) in [7, 11) is -8.04. The molecule has 41 heavy (non-hydrogen) atoms. The molecule has 3 aromatic rings. The highest BCUT2D eigenvalue weighted by Crippen LogP contribution is 2.48. The average molecular weight is 724 g/mol. The van der Waals surface area contributed by atoms with Crippen molar-refractivity contribution >= 4 is 57.9 Å². The van der Waals surface area contributed by atoms with Crippen LogP contribution in [0.2, 0.25) is 0 Å². The van der Waals surface area contributed by atoms with Crippen LogP contribution < -0.4 is 0 Å². The van der Waals surface area contributed by atoms with Gasteiger partial charge in [0.05, 0.1) is 28.4 Å². The fraction of sp³-hybridized carbons (Fsp3) is 0.276. The zero-order valence-electron chi connectivity index (χ0n) is 22.5. The fourth-order valence-corrected chi connectivity index (χ4v) is 8.11. The highest BCUT2D eigenvalue weighted by atomic mass is 79.9. The maximum atomic E-state index is 13.8. The summed E-state index contributed by atoms with van der Waals surface area (Å²) >= 11 is 6.66. The van der Waals surface area contributed by atoms with Gasteiger partial charge in [-0.05, 0) is 67.9 Å². The Balaban J connectivity index is 1.72. The Bertz CT molecular complexity index is 1680. The van der Waals surface area contributed by atoms with Gasteiger partial charge in [0, 0.05) is 22.4 Å². The molecule has 8 nitrogen and oxygen atoms in total. The van der Waals surface area contributed by atoms with Crippen molar-refractivity contribution in [3.8, 4) is 11.8 Å². The zero-order valence-corrected chi connectivity index (χ0v) is 27.3. The smallest absolute Gasteiger partial charge is 0.304 e. The van der Waals surface area contributed by atoms with E-state index in [1.807, 2.05) is 30.3 Å². The molecule has 0 saturated carbocycles. The Morgan fingerprint density at radius 3 is 1.98 bits per heavy atom. The maximum Gasteiger partial charge on any atom is 0.304 e. The molecule has 0 aliphatic carbocycles. The standard InChI is InChI=1S/C29H28Br2N2O6S2/c1-21(34)39-29(2,3)18-7-19-32(40(35,36)25-14-10-23(30)11-15-25)20-27-28(22-8-5-4-6-9-22)33(27)41(37,38)26-16-12-24(31)13-17-26/h4-6,8-17,27-28H,19-20H2,1-3H3. The summed E-state index contributed by atoms with van der Waals surface area (Å²) in [6, 6.07) is 20.4. The minimum atomic E-state index is -4.08. The Hall–Kier alpha value is -2.53. The number of ether oxygens (including phenoxy) is 1. The van der Waals surface area contributed by atoms with Crippen LogP contribution in [-0.4, -0.2) is 56.1 Å². The summed E-state index contributed by atoms with van der Waals surface area (Å²) in [5.41, 5.74) is -0.386. The highest BCUT2D eigenvalue weighted by molar-refractivity contribution is 9.10. The molecule has 3 unspecified atom stereocenters. The van der Waals surface area contributed by atoms with E-state index >= 15 is 0 Å². The number of benzene rings is 3. The number of nitrogens with zero attached hydrogens (tertiary/aromatic N) is 2. The van der Waals surface area contributed by atoms with Gasteiger partial charge >= 0.3 is 5.97 Å². The van der Waals surface area contributed by atoms with Crippen molar-refractivity contribution < 1.29 is 26.4 Å². The van der Waals surface area contributed by atoms with Crippen LogP contribution in [0.5, 0.6) is 0 Å². The van der Waals surface area contributed by atoms with Gasteiger partial charge in [0.2, 0.25) is 20.0 Å². The highest BCUT2D eigenvalue weighted by Gasteiger charge is 2.57. The number of esters is 1. The summed E-state index contributed by atoms with van der Waals surface area (Å²) < 4.78 is 64.3. The van der Waals surface area contributed by atoms with Crippen LogP contribution in [0.3, 0.4) is 0 Å². The topological polar surface area (TPSA) is 101 Å². The SMILES string of the molecule is CC(=O)OC(C)(C)C#CCN(CC1C(c2ccccc2)N1S(=O)(=O)c1ccc(Br)cc1)S(=O)(=O)c1ccc(Br)cc1. The number of hydrogen-bond acceptors (Lipinski definition) is 6. The van der Waals surface area contributed by atoms with Crippen molar-refractivity contribution in [2.24, 2.45) is 0 Å². The molecule has 0 bridgehead atoms. The van der Waals surface area contributed by atoms with Gasteiger partial charge in [-0.2, -0.15) is 8.61 Å². The first-order chi connectivity index (χ1) is 19.2. The molecule has 0 spiro atoms. The van der Waals surface area contributed by atoms with Crippen molar-refractivity contribution in [3.63, 3.8) is 0 Å². The number of sulfonamides is 2. The first-order valence-corrected chi connectivity index (χ1v) is 17.0. The molecule has 1 heterocycles. The lowest BCUT2D eigenvalue weighted by atomic mass is 10.1. The summed E-state index contributed by atoms with van der Waals surface area (Å²) in [5, 5.41) is 0. The third-order valence-electron chi connectivity index (χ3n) is 6.29. The number of carbonyl (C=O) groups is 1. The predicted molar refractivity (Wildman–Crippen MR) is 163 cm³/mol. The van der Waals surface area contributed by atoms with E-state index in [1.54, 1.807) is 38.1 Å². The Labute approximate surface area is 258 Å². The number of rotatable bonds is 9. The van der Waals surface area contributed by atoms with E-state index < -0.39 is 43.7 Å². The van der Waals surface area contributed by atoms with Gasteiger partial charge in [0.15, 0.2) is 5.60 Å². The molecule has 216 valence electrons. The van der Waals surface area contributed by atoms with E-state index in [0.717, 1.165) is 10.0 Å². The molecule has 0 N–H and O–H groups in total. The molecule has 1 aliphatic rings. The fourth-order valence-electron chi connectivity index (χ4n) is 4.45. The van der Waals surface area contributed by atoms with Crippen LogP contribution >= 0.6 is 31.9 Å². The van der Waals surface area contributed by atoms with Crippen LogP contribution in [-0.2, 0) is 29.6 Å². The maximum absolute atomic E-state index is 13.8. The van der Waals surface area contributed by atoms with Gasteiger partial charge in [0.1, 0.15) is 0 Å². The number of halogens is 2. The lowest BCUT2D eigenvalue weighted by molar-refractivity contribution is -0.148. The van der Waals surface area contributed by atoms with Crippen molar-refractivity contribution in [2.75, 3.05) is 13.1 Å². The largest absolute Gasteiger partial charge is 0.447 e. The van der Waals surface area contributed by atoms with Crippen molar-refractivity contribution in [1.82, 2.24) is 8.61 Å². The van der Waals surface area contributed by atoms with E-state index in [4.69, 9.17) is 4.74 Å². The van der Waals surface area contributed by atoms with Gasteiger partial charge in [-0.1, -0.05) is 74.0 Å². The quantitative estimate of drug-likeness (QED) is 0.168. The molecule has 0 radical (unpaired) electrons. The molecule has 1 fully saturated rings. The van der Waals surface area contributed by atoms with Gasteiger partial charge < -0.3 is 4.74 Å². The van der Waals surface area contributed by atoms with Crippen molar-refractivity contribution in [2.45, 2.75) is 48.2 Å². The molecule has 0 aromatic heterocycles. The van der Waals surface area contributed by atoms with E-state index in [9.17, 15) is 21.6 Å². The van der Waals surface area contributed by atoms with Crippen molar-refractivity contribution in [3.05, 3.63) is 93.4 Å². The Morgan fingerprint density at radius 2 is 1.44 bits per heavy atom. The summed E-state index contributed by atoms with van der Waals surface area (Å²) in [4.78, 5) is 11.6. The molecule has 3 aromatic carbocycles. The molecule has 4 rings (SSSR count). The lowest BCUT2D eigenvalue weighted by Gasteiger charge is -2.21. The first kappa shape index (κ1) is 31.4. The van der Waals surface area contributed by atoms with Crippen LogP contribution in [0.15, 0.2) is 97.6 Å². The van der Waals surface area contributed by atoms with Gasteiger partial charge in [-0.25, -0.2) is 16.8 Å². The second-order valence-corrected chi connectivity index (χ2v) is 15.5. The predicted octanol–water partition coefficient (Wildman–Crippen LogP) is 5.36. The second-order valence-electron chi connectivity index (χ2n) is 9.87. The molecule has 12 heteroatoms. The lowest BCUT2D eigenvalue weighted by Crippen LogP contribution is -2.36. The van der Waals surface area contributed by atoms with Crippen LogP contribution in [0.25, 0.3) is 0 Å². The first-order valence-electron chi connectivity index (χ1n) is 12.5. The van der Waals surface area contributed by atoms with Crippen LogP contribution in [0.4, 0.5) is 0 Å². The Morgan fingerprint density at radius 1 is 0.902 bits per heavy atom. The molecule has 1 saturated heterocycles. The van der Waals surface area contributed by atoms with Gasteiger partial charge in [-0.3, -0.25) is 4.79 Å². The van der Waals surface area contributed by atoms with E-state index in [0.29, 0.717) is 4.47 Å². The van der Waals surface area contributed by atoms with Gasteiger partial charge in [0.25, 0.3) is 0 Å². The number of carbonyl (C=O) groups excluding carboxylic acids is 1. The summed E-state index contributed by atoms with van der Waals surface area (Å²) in [5.74, 6) is 5.14. The third-order valence-corrected chi connectivity index (χ3v) is 11.1. The monoisotopic (exact) mass is 722 g/mol. The van der Waals surface area contributed by atoms with Crippen LogP contribution in [0.1, 0.15) is 32.4 Å². The summed E-state index contributed by atoms with van der Waals surface area (Å²) in [6.07, 6.45) is 0. The zero-order chi connectivity index (χ0) is 30.0. The number of hydrogen-bond donors (Lipinski definition) is 0. The van der Waals surface area contributed by atoms with Gasteiger partial charge in [-0.15, -0.1) is 0 Å². The Kier molecular flexibility index (Phi) is 9.48. The minimum Gasteiger partial charge on any atom is -0.447 e. The molecule has 1 aliphatic heterocycles. The van der Waals surface area contributed by atoms with E-state index in [1.165, 1.54) is 39.8 Å².